The molecule has 1 aromatic heterocycles. The number of piperazine rings is 1. The molecule has 2 aromatic rings. The molecule has 1 saturated heterocycles. The number of thiophene rings is 1. The van der Waals surface area contributed by atoms with Crippen LogP contribution in [-0.4, -0.2) is 25.7 Å². The van der Waals surface area contributed by atoms with E-state index in [1.807, 2.05) is 6.07 Å². The van der Waals surface area contributed by atoms with Gasteiger partial charge in [-0.15, -0.1) is 11.3 Å². The van der Waals surface area contributed by atoms with Crippen molar-refractivity contribution in [1.82, 2.24) is 5.32 Å². The molecule has 1 atom stereocenters. The van der Waals surface area contributed by atoms with Crippen molar-refractivity contribution in [2.24, 2.45) is 0 Å². The number of anilines is 1. The van der Waals surface area contributed by atoms with E-state index in [0.29, 0.717) is 6.04 Å². The lowest BCUT2D eigenvalue weighted by atomic mass is 10.1. The third-order valence-corrected chi connectivity index (χ3v) is 4.42. The van der Waals surface area contributed by atoms with Crippen LogP contribution in [0.1, 0.15) is 11.8 Å². The van der Waals surface area contributed by atoms with E-state index in [1.165, 1.54) is 15.8 Å². The van der Waals surface area contributed by atoms with Crippen LogP contribution in [-0.2, 0) is 0 Å². The van der Waals surface area contributed by atoms with Crippen molar-refractivity contribution in [1.29, 1.82) is 5.26 Å². The number of fused-ring (bicyclic) bond motifs is 1. The number of nitriles is 1. The van der Waals surface area contributed by atoms with Gasteiger partial charge in [-0.2, -0.15) is 5.26 Å². The number of nitrogens with one attached hydrogen (secondary N) is 1. The van der Waals surface area contributed by atoms with Crippen molar-refractivity contribution >= 4 is 27.1 Å². The van der Waals surface area contributed by atoms with Gasteiger partial charge < -0.3 is 10.2 Å². The Hall–Kier alpha value is -1.57. The van der Waals surface area contributed by atoms with Gasteiger partial charge in [-0.3, -0.25) is 0 Å². The van der Waals surface area contributed by atoms with Gasteiger partial charge in [0.1, 0.15) is 10.9 Å². The fraction of sp³-hybridized carbons (Fsp3) is 0.357. The summed E-state index contributed by atoms with van der Waals surface area (Å²) in [5.41, 5.74) is 1.27. The molecule has 1 fully saturated rings. The molecule has 0 amide bonds. The number of nitrogens with zero attached hydrogens (tertiary/aromatic N) is 2. The third-order valence-electron chi connectivity index (χ3n) is 3.34. The molecule has 0 radical (unpaired) electrons. The quantitative estimate of drug-likeness (QED) is 0.853. The Morgan fingerprint density at radius 3 is 3.17 bits per heavy atom. The predicted molar refractivity (Wildman–Crippen MR) is 76.2 cm³/mol. The molecule has 3 rings (SSSR count). The highest BCUT2D eigenvalue weighted by Crippen LogP contribution is 2.34. The lowest BCUT2D eigenvalue weighted by molar-refractivity contribution is 0.485. The second-order valence-corrected chi connectivity index (χ2v) is 5.77. The largest absolute Gasteiger partial charge is 0.368 e. The summed E-state index contributed by atoms with van der Waals surface area (Å²) in [7, 11) is 0. The molecule has 0 spiro atoms. The van der Waals surface area contributed by atoms with Crippen LogP contribution in [0.5, 0.6) is 0 Å². The molecular formula is C14H15N3S. The first-order valence-corrected chi connectivity index (χ1v) is 7.00. The van der Waals surface area contributed by atoms with Crippen LogP contribution in [0.15, 0.2) is 24.3 Å². The van der Waals surface area contributed by atoms with Gasteiger partial charge in [0.2, 0.25) is 0 Å². The molecular weight excluding hydrogens is 242 g/mol. The maximum Gasteiger partial charge on any atom is 0.110 e. The van der Waals surface area contributed by atoms with Gasteiger partial charge in [-0.1, -0.05) is 12.1 Å². The summed E-state index contributed by atoms with van der Waals surface area (Å²) in [5, 5.41) is 13.7. The SMILES string of the molecule is CC1CN(c2cccc3cc(C#N)sc23)CCN1. The molecule has 4 heteroatoms. The fourth-order valence-corrected chi connectivity index (χ4v) is 3.50. The monoisotopic (exact) mass is 257 g/mol. The van der Waals surface area contributed by atoms with Crippen molar-refractivity contribution in [3.8, 4) is 6.07 Å². The molecule has 0 aliphatic carbocycles. The molecule has 1 N–H and O–H groups in total. The average molecular weight is 257 g/mol. The average Bonchev–Trinajstić information content (AvgIpc) is 2.81. The van der Waals surface area contributed by atoms with E-state index in [0.717, 1.165) is 24.5 Å². The summed E-state index contributed by atoms with van der Waals surface area (Å²) in [4.78, 5) is 3.21. The second-order valence-electron chi connectivity index (χ2n) is 4.72. The van der Waals surface area contributed by atoms with E-state index in [4.69, 9.17) is 5.26 Å². The van der Waals surface area contributed by atoms with Gasteiger partial charge in [0.15, 0.2) is 0 Å². The number of rotatable bonds is 1. The van der Waals surface area contributed by atoms with Crippen molar-refractivity contribution < 1.29 is 0 Å². The van der Waals surface area contributed by atoms with E-state index in [2.05, 4.69) is 41.4 Å². The minimum atomic E-state index is 0.518. The van der Waals surface area contributed by atoms with Crippen LogP contribution in [0.25, 0.3) is 10.1 Å². The van der Waals surface area contributed by atoms with Crippen LogP contribution in [0.4, 0.5) is 5.69 Å². The van der Waals surface area contributed by atoms with E-state index in [-0.39, 0.29) is 0 Å². The Bertz CT molecular complexity index is 611. The zero-order valence-electron chi connectivity index (χ0n) is 10.3. The normalized spacial score (nSPS) is 20.0. The van der Waals surface area contributed by atoms with Crippen molar-refractivity contribution in [3.63, 3.8) is 0 Å². The minimum absolute atomic E-state index is 0.518. The smallest absolute Gasteiger partial charge is 0.110 e. The molecule has 0 bridgehead atoms. The van der Waals surface area contributed by atoms with Crippen molar-refractivity contribution in [2.45, 2.75) is 13.0 Å². The molecule has 92 valence electrons. The number of benzene rings is 1. The van der Waals surface area contributed by atoms with Gasteiger partial charge in [0.25, 0.3) is 0 Å². The molecule has 0 saturated carbocycles. The zero-order chi connectivity index (χ0) is 12.5. The number of hydrogen-bond acceptors (Lipinski definition) is 4. The molecule has 1 unspecified atom stereocenters. The lowest BCUT2D eigenvalue weighted by Crippen LogP contribution is -2.49. The zero-order valence-corrected chi connectivity index (χ0v) is 11.1. The summed E-state index contributed by atoms with van der Waals surface area (Å²) in [5.74, 6) is 0. The maximum absolute atomic E-state index is 9.02. The standard InChI is InChI=1S/C14H15N3S/c1-10-9-17(6-5-16-10)13-4-2-3-11-7-12(8-15)18-14(11)13/h2-4,7,10,16H,5-6,9H2,1H3. The van der Waals surface area contributed by atoms with E-state index in [1.54, 1.807) is 11.3 Å². The Balaban J connectivity index is 2.05. The van der Waals surface area contributed by atoms with Crippen LogP contribution in [0, 0.1) is 11.3 Å². The van der Waals surface area contributed by atoms with Crippen LogP contribution < -0.4 is 10.2 Å². The van der Waals surface area contributed by atoms with Crippen LogP contribution in [0.2, 0.25) is 0 Å². The molecule has 1 aromatic carbocycles. The van der Waals surface area contributed by atoms with Gasteiger partial charge in [0.05, 0.1) is 10.4 Å². The van der Waals surface area contributed by atoms with Gasteiger partial charge in [0, 0.05) is 25.7 Å². The first-order chi connectivity index (χ1) is 8.78. The molecule has 3 nitrogen and oxygen atoms in total. The molecule has 2 heterocycles. The fourth-order valence-electron chi connectivity index (χ4n) is 2.50. The Kier molecular flexibility index (Phi) is 2.94. The highest BCUT2D eigenvalue weighted by molar-refractivity contribution is 7.20. The maximum atomic E-state index is 9.02. The van der Waals surface area contributed by atoms with Crippen LogP contribution >= 0.6 is 11.3 Å². The first-order valence-electron chi connectivity index (χ1n) is 6.19. The van der Waals surface area contributed by atoms with Gasteiger partial charge >= 0.3 is 0 Å². The Morgan fingerprint density at radius 1 is 1.50 bits per heavy atom. The van der Waals surface area contributed by atoms with E-state index >= 15 is 0 Å². The topological polar surface area (TPSA) is 39.1 Å². The second kappa shape index (κ2) is 4.60. The summed E-state index contributed by atoms with van der Waals surface area (Å²) in [6.07, 6.45) is 0. The number of hydrogen-bond donors (Lipinski definition) is 1. The highest BCUT2D eigenvalue weighted by Gasteiger charge is 2.18. The first kappa shape index (κ1) is 11.5. The van der Waals surface area contributed by atoms with E-state index < -0.39 is 0 Å². The Morgan fingerprint density at radius 2 is 2.39 bits per heavy atom. The van der Waals surface area contributed by atoms with Gasteiger partial charge in [-0.25, -0.2) is 0 Å². The highest BCUT2D eigenvalue weighted by atomic mass is 32.1. The molecule has 1 aliphatic rings. The molecule has 1 aliphatic heterocycles. The summed E-state index contributed by atoms with van der Waals surface area (Å²) in [6, 6.07) is 11.1. The molecule has 18 heavy (non-hydrogen) atoms. The third kappa shape index (κ3) is 1.96. The summed E-state index contributed by atoms with van der Waals surface area (Å²) < 4.78 is 1.24. The van der Waals surface area contributed by atoms with Crippen molar-refractivity contribution in [2.75, 3.05) is 24.5 Å². The minimum Gasteiger partial charge on any atom is -0.368 e. The lowest BCUT2D eigenvalue weighted by Gasteiger charge is -2.33. The van der Waals surface area contributed by atoms with Crippen molar-refractivity contribution in [3.05, 3.63) is 29.1 Å². The Labute approximate surface area is 111 Å². The predicted octanol–water partition coefficient (Wildman–Crippen LogP) is 2.57. The van der Waals surface area contributed by atoms with Crippen LogP contribution in [0.3, 0.4) is 0 Å². The van der Waals surface area contributed by atoms with Gasteiger partial charge in [-0.05, 0) is 24.4 Å². The summed E-state index contributed by atoms with van der Waals surface area (Å²) >= 11 is 1.60. The summed E-state index contributed by atoms with van der Waals surface area (Å²) in [6.45, 7) is 5.29. The van der Waals surface area contributed by atoms with E-state index in [9.17, 15) is 0 Å².